The summed E-state index contributed by atoms with van der Waals surface area (Å²) >= 11 is 3.22. The molecule has 4 heteroatoms. The molecule has 0 radical (unpaired) electrons. The van der Waals surface area contributed by atoms with Crippen LogP contribution in [0.5, 0.6) is 0 Å². The molecular formula is C12H15BrFNO. The Morgan fingerprint density at radius 3 is 2.62 bits per heavy atom. The molecule has 1 rings (SSSR count). The van der Waals surface area contributed by atoms with Crippen LogP contribution in [0.2, 0.25) is 0 Å². The van der Waals surface area contributed by atoms with Gasteiger partial charge in [0, 0.05) is 10.5 Å². The second-order valence-corrected chi connectivity index (χ2v) is 4.53. The molecule has 0 spiro atoms. The lowest BCUT2D eigenvalue weighted by atomic mass is 10.1. The van der Waals surface area contributed by atoms with Gasteiger partial charge >= 0.3 is 0 Å². The fourth-order valence-electron chi connectivity index (χ4n) is 1.43. The lowest BCUT2D eigenvalue weighted by molar-refractivity contribution is 0.0930. The van der Waals surface area contributed by atoms with Gasteiger partial charge in [0.05, 0.1) is 5.56 Å². The van der Waals surface area contributed by atoms with Crippen molar-refractivity contribution < 1.29 is 9.18 Å². The predicted octanol–water partition coefficient (Wildman–Crippen LogP) is 3.51. The Hall–Kier alpha value is -0.900. The van der Waals surface area contributed by atoms with Crippen LogP contribution in [0, 0.1) is 5.82 Å². The third-order valence-electron chi connectivity index (χ3n) is 2.49. The van der Waals surface area contributed by atoms with Gasteiger partial charge in [-0.2, -0.15) is 0 Å². The molecule has 0 heterocycles. The van der Waals surface area contributed by atoms with Crippen LogP contribution in [-0.4, -0.2) is 11.9 Å². The minimum Gasteiger partial charge on any atom is -0.349 e. The minimum absolute atomic E-state index is 0.0845. The van der Waals surface area contributed by atoms with E-state index in [1.54, 1.807) is 6.07 Å². The molecule has 0 aliphatic heterocycles. The van der Waals surface area contributed by atoms with Crippen molar-refractivity contribution in [3.05, 3.63) is 34.1 Å². The van der Waals surface area contributed by atoms with Gasteiger partial charge in [-0.05, 0) is 31.0 Å². The van der Waals surface area contributed by atoms with Crippen LogP contribution in [0.3, 0.4) is 0 Å². The fourth-order valence-corrected chi connectivity index (χ4v) is 1.79. The van der Waals surface area contributed by atoms with Crippen LogP contribution in [0.1, 0.15) is 37.0 Å². The molecule has 1 N–H and O–H groups in total. The van der Waals surface area contributed by atoms with Crippen molar-refractivity contribution in [1.82, 2.24) is 5.32 Å². The van der Waals surface area contributed by atoms with E-state index in [4.69, 9.17) is 0 Å². The Morgan fingerprint density at radius 1 is 1.44 bits per heavy atom. The maximum absolute atomic E-state index is 13.4. The third-order valence-corrected chi connectivity index (χ3v) is 2.99. The largest absolute Gasteiger partial charge is 0.349 e. The molecule has 2 nitrogen and oxygen atoms in total. The Kier molecular flexibility index (Phi) is 4.93. The van der Waals surface area contributed by atoms with Gasteiger partial charge < -0.3 is 5.32 Å². The second kappa shape index (κ2) is 5.99. The first-order valence-corrected chi connectivity index (χ1v) is 6.13. The SMILES string of the molecule is CCC(CC)NC(=O)c1cc(Br)ccc1F. The molecule has 88 valence electrons. The molecule has 0 atom stereocenters. The van der Waals surface area contributed by atoms with E-state index in [1.165, 1.54) is 12.1 Å². The van der Waals surface area contributed by atoms with E-state index in [2.05, 4.69) is 21.2 Å². The van der Waals surface area contributed by atoms with E-state index in [9.17, 15) is 9.18 Å². The number of amides is 1. The molecule has 1 aromatic rings. The summed E-state index contributed by atoms with van der Waals surface area (Å²) in [5.41, 5.74) is 0.0845. The van der Waals surface area contributed by atoms with E-state index < -0.39 is 5.82 Å². The van der Waals surface area contributed by atoms with Crippen LogP contribution >= 0.6 is 15.9 Å². The molecule has 0 saturated heterocycles. The van der Waals surface area contributed by atoms with Gasteiger partial charge in [-0.15, -0.1) is 0 Å². The van der Waals surface area contributed by atoms with Crippen LogP contribution in [0.15, 0.2) is 22.7 Å². The lowest BCUT2D eigenvalue weighted by Crippen LogP contribution is -2.34. The summed E-state index contributed by atoms with van der Waals surface area (Å²) in [6.45, 7) is 3.98. The average molecular weight is 288 g/mol. The summed E-state index contributed by atoms with van der Waals surface area (Å²) < 4.78 is 14.1. The van der Waals surface area contributed by atoms with Crippen molar-refractivity contribution in [3.63, 3.8) is 0 Å². The van der Waals surface area contributed by atoms with Gasteiger partial charge in [-0.3, -0.25) is 4.79 Å². The van der Waals surface area contributed by atoms with Gasteiger partial charge in [-0.1, -0.05) is 29.8 Å². The monoisotopic (exact) mass is 287 g/mol. The molecule has 16 heavy (non-hydrogen) atoms. The topological polar surface area (TPSA) is 29.1 Å². The maximum atomic E-state index is 13.4. The summed E-state index contributed by atoms with van der Waals surface area (Å²) in [5.74, 6) is -0.848. The molecule has 0 unspecified atom stereocenters. The molecule has 0 saturated carbocycles. The summed E-state index contributed by atoms with van der Waals surface area (Å²) in [7, 11) is 0. The highest BCUT2D eigenvalue weighted by Crippen LogP contribution is 2.15. The van der Waals surface area contributed by atoms with E-state index in [0.29, 0.717) is 4.47 Å². The Bertz CT molecular complexity index is 377. The number of benzene rings is 1. The second-order valence-electron chi connectivity index (χ2n) is 3.61. The molecule has 1 amide bonds. The number of carbonyl (C=O) groups is 1. The summed E-state index contributed by atoms with van der Waals surface area (Å²) in [6, 6.07) is 4.45. The number of halogens is 2. The predicted molar refractivity (Wildman–Crippen MR) is 65.9 cm³/mol. The number of hydrogen-bond acceptors (Lipinski definition) is 1. The van der Waals surface area contributed by atoms with E-state index in [1.807, 2.05) is 13.8 Å². The smallest absolute Gasteiger partial charge is 0.254 e. The minimum atomic E-state index is -0.494. The van der Waals surface area contributed by atoms with Crippen LogP contribution in [0.4, 0.5) is 4.39 Å². The van der Waals surface area contributed by atoms with Crippen molar-refractivity contribution >= 4 is 21.8 Å². The highest BCUT2D eigenvalue weighted by Gasteiger charge is 2.14. The molecule has 0 aliphatic carbocycles. The number of nitrogens with one attached hydrogen (secondary N) is 1. The first-order chi connectivity index (χ1) is 7.58. The number of carbonyl (C=O) groups excluding carboxylic acids is 1. The maximum Gasteiger partial charge on any atom is 0.254 e. The number of rotatable bonds is 4. The standard InChI is InChI=1S/C12H15BrFNO/c1-3-9(4-2)15-12(16)10-7-8(13)5-6-11(10)14/h5-7,9H,3-4H2,1-2H3,(H,15,16). The van der Waals surface area contributed by atoms with Crippen LogP contribution in [-0.2, 0) is 0 Å². The average Bonchev–Trinajstić information content (AvgIpc) is 2.28. The zero-order valence-electron chi connectivity index (χ0n) is 9.39. The Labute approximate surface area is 103 Å². The quantitative estimate of drug-likeness (QED) is 0.902. The first-order valence-electron chi connectivity index (χ1n) is 5.34. The molecule has 0 aromatic heterocycles. The third kappa shape index (κ3) is 3.30. The summed E-state index contributed by atoms with van der Waals surface area (Å²) in [6.07, 6.45) is 1.69. The normalized spacial score (nSPS) is 10.6. The Morgan fingerprint density at radius 2 is 2.06 bits per heavy atom. The van der Waals surface area contributed by atoms with E-state index in [0.717, 1.165) is 12.8 Å². The molecule has 0 aliphatic rings. The van der Waals surface area contributed by atoms with Crippen molar-refractivity contribution in [2.45, 2.75) is 32.7 Å². The Balaban J connectivity index is 2.83. The van der Waals surface area contributed by atoms with Gasteiger partial charge in [0.25, 0.3) is 5.91 Å². The van der Waals surface area contributed by atoms with Gasteiger partial charge in [-0.25, -0.2) is 4.39 Å². The highest BCUT2D eigenvalue weighted by atomic mass is 79.9. The van der Waals surface area contributed by atoms with E-state index in [-0.39, 0.29) is 17.5 Å². The first kappa shape index (κ1) is 13.2. The highest BCUT2D eigenvalue weighted by molar-refractivity contribution is 9.10. The van der Waals surface area contributed by atoms with Crippen molar-refractivity contribution in [2.24, 2.45) is 0 Å². The summed E-state index contributed by atoms with van der Waals surface area (Å²) in [4.78, 5) is 11.8. The van der Waals surface area contributed by atoms with Crippen LogP contribution < -0.4 is 5.32 Å². The fraction of sp³-hybridized carbons (Fsp3) is 0.417. The van der Waals surface area contributed by atoms with Crippen molar-refractivity contribution in [1.29, 1.82) is 0 Å². The molecule has 0 fully saturated rings. The van der Waals surface area contributed by atoms with Crippen molar-refractivity contribution in [2.75, 3.05) is 0 Å². The zero-order valence-corrected chi connectivity index (χ0v) is 11.0. The van der Waals surface area contributed by atoms with Crippen LogP contribution in [0.25, 0.3) is 0 Å². The zero-order chi connectivity index (χ0) is 12.1. The van der Waals surface area contributed by atoms with Gasteiger partial charge in [0.2, 0.25) is 0 Å². The summed E-state index contributed by atoms with van der Waals surface area (Å²) in [5, 5.41) is 2.80. The van der Waals surface area contributed by atoms with Crippen molar-refractivity contribution in [3.8, 4) is 0 Å². The molecule has 0 bridgehead atoms. The molecule has 1 aromatic carbocycles. The number of hydrogen-bond donors (Lipinski definition) is 1. The molecular weight excluding hydrogens is 273 g/mol. The van der Waals surface area contributed by atoms with Gasteiger partial charge in [0.1, 0.15) is 5.82 Å². The lowest BCUT2D eigenvalue weighted by Gasteiger charge is -2.15. The van der Waals surface area contributed by atoms with E-state index >= 15 is 0 Å². The van der Waals surface area contributed by atoms with Gasteiger partial charge in [0.15, 0.2) is 0 Å².